The second-order valence-corrected chi connectivity index (χ2v) is 8.30. The molecule has 2 aromatic carbocycles. The zero-order chi connectivity index (χ0) is 21.1. The van der Waals surface area contributed by atoms with Crippen LogP contribution in [-0.4, -0.2) is 39.8 Å². The van der Waals surface area contributed by atoms with Gasteiger partial charge in [0.1, 0.15) is 16.8 Å². The van der Waals surface area contributed by atoms with Gasteiger partial charge in [0.05, 0.1) is 12.3 Å². The minimum Gasteiger partial charge on any atom is -0.494 e. The van der Waals surface area contributed by atoms with Gasteiger partial charge in [-0.05, 0) is 68.3 Å². The van der Waals surface area contributed by atoms with Crippen molar-refractivity contribution in [1.82, 2.24) is 4.90 Å². The average Bonchev–Trinajstić information content (AvgIpc) is 3.51. The van der Waals surface area contributed by atoms with Crippen LogP contribution in [0.3, 0.4) is 0 Å². The Kier molecular flexibility index (Phi) is 6.03. The molecule has 0 aromatic heterocycles. The van der Waals surface area contributed by atoms with Gasteiger partial charge in [-0.1, -0.05) is 11.8 Å². The molecule has 0 spiro atoms. The Morgan fingerprint density at radius 2 is 1.90 bits per heavy atom. The van der Waals surface area contributed by atoms with Gasteiger partial charge in [0, 0.05) is 18.2 Å². The lowest BCUT2D eigenvalue weighted by Gasteiger charge is -2.15. The minimum atomic E-state index is -0.521. The standard InChI is InChI=1S/C22H22FN3O3S/c1-2-29-18-11-7-16(8-12-18)25-22-26(17-9-10-17)21(28)19(30-22)13-20(27)24-15-5-3-14(23)4-6-15/h3-8,11-12,17,19H,2,9-10,13H2,1H3,(H,24,27). The fourth-order valence-electron chi connectivity index (χ4n) is 3.17. The Morgan fingerprint density at radius 1 is 1.20 bits per heavy atom. The van der Waals surface area contributed by atoms with E-state index in [1.54, 1.807) is 4.90 Å². The van der Waals surface area contributed by atoms with Crippen molar-refractivity contribution < 1.29 is 18.7 Å². The molecule has 0 bridgehead atoms. The Morgan fingerprint density at radius 3 is 2.53 bits per heavy atom. The van der Waals surface area contributed by atoms with Crippen LogP contribution in [0.1, 0.15) is 26.2 Å². The van der Waals surface area contributed by atoms with Crippen molar-refractivity contribution >= 4 is 40.1 Å². The Bertz CT molecular complexity index is 959. The van der Waals surface area contributed by atoms with Crippen LogP contribution >= 0.6 is 11.8 Å². The number of hydrogen-bond donors (Lipinski definition) is 1. The maximum atomic E-state index is 13.0. The van der Waals surface area contributed by atoms with Crippen LogP contribution in [0.5, 0.6) is 5.75 Å². The first-order valence-electron chi connectivity index (χ1n) is 9.90. The second-order valence-electron chi connectivity index (χ2n) is 7.13. The van der Waals surface area contributed by atoms with E-state index in [-0.39, 0.29) is 30.1 Å². The predicted molar refractivity (Wildman–Crippen MR) is 116 cm³/mol. The summed E-state index contributed by atoms with van der Waals surface area (Å²) < 4.78 is 18.5. The van der Waals surface area contributed by atoms with E-state index in [2.05, 4.69) is 10.3 Å². The number of thioether (sulfide) groups is 1. The molecule has 2 fully saturated rings. The molecule has 4 rings (SSSR count). The van der Waals surface area contributed by atoms with E-state index in [0.29, 0.717) is 17.5 Å². The molecule has 2 aliphatic rings. The summed E-state index contributed by atoms with van der Waals surface area (Å²) in [5.74, 6) is 0.0303. The molecule has 30 heavy (non-hydrogen) atoms. The van der Waals surface area contributed by atoms with Crippen molar-refractivity contribution in [3.8, 4) is 5.75 Å². The summed E-state index contributed by atoms with van der Waals surface area (Å²) in [5, 5.41) is 2.83. The van der Waals surface area contributed by atoms with Gasteiger partial charge in [-0.2, -0.15) is 0 Å². The molecular weight excluding hydrogens is 405 g/mol. The van der Waals surface area contributed by atoms with Gasteiger partial charge in [0.2, 0.25) is 11.8 Å². The number of benzene rings is 2. The normalized spacial score (nSPS) is 19.9. The Balaban J connectivity index is 1.45. The number of rotatable bonds is 7. The number of ether oxygens (including phenoxy) is 1. The molecule has 156 valence electrons. The summed E-state index contributed by atoms with van der Waals surface area (Å²) in [5.41, 5.74) is 1.23. The van der Waals surface area contributed by atoms with Crippen LogP contribution in [-0.2, 0) is 9.59 Å². The number of nitrogens with zero attached hydrogens (tertiary/aromatic N) is 2. The van der Waals surface area contributed by atoms with E-state index < -0.39 is 5.25 Å². The molecule has 0 radical (unpaired) electrons. The van der Waals surface area contributed by atoms with E-state index in [1.807, 2.05) is 31.2 Å². The zero-order valence-electron chi connectivity index (χ0n) is 16.5. The summed E-state index contributed by atoms with van der Waals surface area (Å²) >= 11 is 1.32. The third-order valence-electron chi connectivity index (χ3n) is 4.75. The number of halogens is 1. The first-order valence-corrected chi connectivity index (χ1v) is 10.8. The molecule has 2 amide bonds. The highest BCUT2D eigenvalue weighted by Gasteiger charge is 2.46. The van der Waals surface area contributed by atoms with E-state index in [4.69, 9.17) is 4.74 Å². The molecule has 8 heteroatoms. The van der Waals surface area contributed by atoms with Crippen molar-refractivity contribution in [1.29, 1.82) is 0 Å². The van der Waals surface area contributed by atoms with Crippen LogP contribution in [0.4, 0.5) is 15.8 Å². The maximum absolute atomic E-state index is 13.0. The van der Waals surface area contributed by atoms with Gasteiger partial charge in [-0.15, -0.1) is 0 Å². The monoisotopic (exact) mass is 427 g/mol. The maximum Gasteiger partial charge on any atom is 0.242 e. The van der Waals surface area contributed by atoms with Crippen LogP contribution < -0.4 is 10.1 Å². The lowest BCUT2D eigenvalue weighted by Crippen LogP contribution is -2.35. The van der Waals surface area contributed by atoms with Gasteiger partial charge in [-0.3, -0.25) is 14.5 Å². The molecule has 1 unspecified atom stereocenters. The average molecular weight is 428 g/mol. The number of hydrogen-bond acceptors (Lipinski definition) is 5. The van der Waals surface area contributed by atoms with Gasteiger partial charge < -0.3 is 10.1 Å². The van der Waals surface area contributed by atoms with Gasteiger partial charge in [-0.25, -0.2) is 9.38 Å². The summed E-state index contributed by atoms with van der Waals surface area (Å²) in [6, 6.07) is 13.1. The van der Waals surface area contributed by atoms with Crippen LogP contribution in [0.15, 0.2) is 53.5 Å². The van der Waals surface area contributed by atoms with Gasteiger partial charge in [0.15, 0.2) is 5.17 Å². The van der Waals surface area contributed by atoms with Crippen molar-refractivity contribution in [2.24, 2.45) is 4.99 Å². The summed E-state index contributed by atoms with van der Waals surface area (Å²) in [4.78, 5) is 31.7. The molecule has 6 nitrogen and oxygen atoms in total. The predicted octanol–water partition coefficient (Wildman–Crippen LogP) is 4.35. The molecule has 1 saturated carbocycles. The number of carbonyl (C=O) groups excluding carboxylic acids is 2. The van der Waals surface area contributed by atoms with Crippen LogP contribution in [0.25, 0.3) is 0 Å². The van der Waals surface area contributed by atoms with Crippen molar-refractivity contribution in [3.63, 3.8) is 0 Å². The second kappa shape index (κ2) is 8.87. The summed E-state index contributed by atoms with van der Waals surface area (Å²) in [7, 11) is 0. The zero-order valence-corrected chi connectivity index (χ0v) is 17.3. The molecule has 1 aliphatic heterocycles. The highest BCUT2D eigenvalue weighted by atomic mass is 32.2. The summed E-state index contributed by atoms with van der Waals surface area (Å²) in [6.45, 7) is 2.52. The van der Waals surface area contributed by atoms with Crippen molar-refractivity contribution in [2.45, 2.75) is 37.5 Å². The van der Waals surface area contributed by atoms with E-state index >= 15 is 0 Å². The smallest absolute Gasteiger partial charge is 0.242 e. The quantitative estimate of drug-likeness (QED) is 0.713. The fourth-order valence-corrected chi connectivity index (χ4v) is 4.38. The molecule has 2 aromatic rings. The first-order chi connectivity index (χ1) is 14.5. The third-order valence-corrected chi connectivity index (χ3v) is 5.90. The number of aliphatic imine (C=N–C) groups is 1. The molecular formula is C22H22FN3O3S. The molecule has 1 heterocycles. The molecule has 1 aliphatic carbocycles. The lowest BCUT2D eigenvalue weighted by molar-refractivity contribution is -0.128. The number of nitrogens with one attached hydrogen (secondary N) is 1. The number of amidine groups is 1. The fraction of sp³-hybridized carbons (Fsp3) is 0.318. The summed E-state index contributed by atoms with van der Waals surface area (Å²) in [6.07, 6.45) is 1.93. The highest BCUT2D eigenvalue weighted by molar-refractivity contribution is 8.15. The van der Waals surface area contributed by atoms with Gasteiger partial charge in [0.25, 0.3) is 0 Å². The first kappa shape index (κ1) is 20.4. The minimum absolute atomic E-state index is 0.0341. The molecule has 1 atom stereocenters. The van der Waals surface area contributed by atoms with Crippen molar-refractivity contribution in [2.75, 3.05) is 11.9 Å². The largest absolute Gasteiger partial charge is 0.494 e. The topological polar surface area (TPSA) is 71.0 Å². The molecule has 1 N–H and O–H groups in total. The SMILES string of the molecule is CCOc1ccc(N=C2SC(CC(=O)Nc3ccc(F)cc3)C(=O)N2C2CC2)cc1. The number of anilines is 1. The Labute approximate surface area is 178 Å². The van der Waals surface area contributed by atoms with Crippen molar-refractivity contribution in [3.05, 3.63) is 54.3 Å². The number of amides is 2. The van der Waals surface area contributed by atoms with E-state index in [9.17, 15) is 14.0 Å². The third kappa shape index (κ3) is 4.81. The molecule has 1 saturated heterocycles. The van der Waals surface area contributed by atoms with Crippen LogP contribution in [0, 0.1) is 5.82 Å². The van der Waals surface area contributed by atoms with Crippen LogP contribution in [0.2, 0.25) is 0 Å². The Hall–Kier alpha value is -2.87. The van der Waals surface area contributed by atoms with Gasteiger partial charge >= 0.3 is 0 Å². The van der Waals surface area contributed by atoms with E-state index in [0.717, 1.165) is 24.3 Å². The van der Waals surface area contributed by atoms with E-state index in [1.165, 1.54) is 36.0 Å². The lowest BCUT2D eigenvalue weighted by atomic mass is 10.2. The number of carbonyl (C=O) groups is 2. The highest BCUT2D eigenvalue weighted by Crippen LogP contribution is 2.39.